The van der Waals surface area contributed by atoms with Gasteiger partial charge in [-0.1, -0.05) is 0 Å². The fourth-order valence-electron chi connectivity index (χ4n) is 3.62. The quantitative estimate of drug-likeness (QED) is 0.833. The van der Waals surface area contributed by atoms with Crippen LogP contribution in [0.2, 0.25) is 0 Å². The van der Waals surface area contributed by atoms with E-state index in [0.29, 0.717) is 12.5 Å². The summed E-state index contributed by atoms with van der Waals surface area (Å²) in [7, 11) is 5.22. The van der Waals surface area contributed by atoms with Crippen LogP contribution < -0.4 is 9.47 Å². The van der Waals surface area contributed by atoms with Crippen LogP contribution in [0.25, 0.3) is 0 Å². The Morgan fingerprint density at radius 2 is 1.92 bits per heavy atom. The summed E-state index contributed by atoms with van der Waals surface area (Å²) in [4.78, 5) is 16.3. The lowest BCUT2D eigenvalue weighted by molar-refractivity contribution is -0.134. The largest absolute Gasteiger partial charge is 0.497 e. The van der Waals surface area contributed by atoms with E-state index in [-0.39, 0.29) is 18.6 Å². The van der Waals surface area contributed by atoms with E-state index in [2.05, 4.69) is 4.90 Å². The summed E-state index contributed by atoms with van der Waals surface area (Å²) in [5.74, 6) is 2.11. The van der Waals surface area contributed by atoms with Crippen LogP contribution in [-0.2, 0) is 16.1 Å². The average molecular weight is 334 g/mol. The molecular formula is C18H26N2O4. The number of benzene rings is 1. The number of hydrogen-bond acceptors (Lipinski definition) is 5. The first-order valence-electron chi connectivity index (χ1n) is 8.38. The van der Waals surface area contributed by atoms with Crippen LogP contribution >= 0.6 is 0 Å². The first kappa shape index (κ1) is 17.0. The number of carbonyl (C=O) groups is 1. The second kappa shape index (κ2) is 7.40. The Kier molecular flexibility index (Phi) is 5.26. The lowest BCUT2D eigenvalue weighted by Crippen LogP contribution is -2.52. The summed E-state index contributed by atoms with van der Waals surface area (Å²) in [6.07, 6.45) is 1.05. The molecule has 2 aliphatic rings. The number of ether oxygens (including phenoxy) is 3. The molecule has 0 aliphatic carbocycles. The van der Waals surface area contributed by atoms with Gasteiger partial charge in [0.2, 0.25) is 5.91 Å². The number of rotatable bonds is 4. The molecule has 3 rings (SSSR count). The summed E-state index contributed by atoms with van der Waals surface area (Å²) in [5.41, 5.74) is 1.16. The Morgan fingerprint density at radius 3 is 2.58 bits per heavy atom. The first-order valence-corrected chi connectivity index (χ1v) is 8.38. The van der Waals surface area contributed by atoms with Crippen LogP contribution in [0.5, 0.6) is 11.5 Å². The molecule has 2 saturated heterocycles. The topological polar surface area (TPSA) is 51.2 Å². The second-order valence-electron chi connectivity index (χ2n) is 6.59. The molecule has 1 aromatic rings. The maximum Gasteiger partial charge on any atom is 0.248 e. The Hall–Kier alpha value is -1.79. The highest BCUT2D eigenvalue weighted by Crippen LogP contribution is 2.28. The van der Waals surface area contributed by atoms with Crippen molar-refractivity contribution in [3.8, 4) is 11.5 Å². The van der Waals surface area contributed by atoms with Crippen molar-refractivity contribution in [2.24, 2.45) is 5.92 Å². The van der Waals surface area contributed by atoms with Gasteiger partial charge >= 0.3 is 0 Å². The summed E-state index contributed by atoms with van der Waals surface area (Å²) in [6, 6.07) is 6.19. The molecule has 6 heteroatoms. The molecule has 0 N–H and O–H groups in total. The van der Waals surface area contributed by atoms with Gasteiger partial charge < -0.3 is 19.1 Å². The van der Waals surface area contributed by atoms with Crippen LogP contribution in [0.4, 0.5) is 0 Å². The lowest BCUT2D eigenvalue weighted by atomic mass is 9.91. The molecule has 2 fully saturated rings. The lowest BCUT2D eigenvalue weighted by Gasteiger charge is -2.41. The van der Waals surface area contributed by atoms with E-state index >= 15 is 0 Å². The third-order valence-electron chi connectivity index (χ3n) is 5.07. The standard InChI is InChI=1S/C18H26N2O4/c1-19-17-10-20(5-4-14(17)11-24-12-18(19)21)9-13-6-15(22-2)8-16(7-13)23-3/h6-8,14,17H,4-5,9-12H2,1-3H3/t14-,17-/m0/s1. The van der Waals surface area contributed by atoms with E-state index in [9.17, 15) is 4.79 Å². The maximum absolute atomic E-state index is 12.1. The summed E-state index contributed by atoms with van der Waals surface area (Å²) < 4.78 is 16.2. The highest BCUT2D eigenvalue weighted by atomic mass is 16.5. The van der Waals surface area contributed by atoms with E-state index in [0.717, 1.165) is 43.1 Å². The number of likely N-dealkylation sites (N-methyl/N-ethyl adjacent to an activating group) is 1. The summed E-state index contributed by atoms with van der Waals surface area (Å²) >= 11 is 0. The normalized spacial score (nSPS) is 25.1. The molecule has 24 heavy (non-hydrogen) atoms. The van der Waals surface area contributed by atoms with Gasteiger partial charge in [-0.25, -0.2) is 0 Å². The Balaban J connectivity index is 1.71. The average Bonchev–Trinajstić information content (AvgIpc) is 2.74. The van der Waals surface area contributed by atoms with Gasteiger partial charge in [0.15, 0.2) is 0 Å². The molecule has 0 spiro atoms. The number of amides is 1. The van der Waals surface area contributed by atoms with E-state index in [4.69, 9.17) is 14.2 Å². The number of carbonyl (C=O) groups excluding carboxylic acids is 1. The summed E-state index contributed by atoms with van der Waals surface area (Å²) in [6.45, 7) is 3.58. The zero-order valence-electron chi connectivity index (χ0n) is 14.7. The molecule has 0 bridgehead atoms. The van der Waals surface area contributed by atoms with Crippen molar-refractivity contribution in [2.75, 3.05) is 47.6 Å². The van der Waals surface area contributed by atoms with Crippen LogP contribution in [0.1, 0.15) is 12.0 Å². The number of piperidine rings is 1. The van der Waals surface area contributed by atoms with Gasteiger partial charge in [0, 0.05) is 38.2 Å². The van der Waals surface area contributed by atoms with E-state index in [1.165, 1.54) is 0 Å². The molecule has 0 saturated carbocycles. The van der Waals surface area contributed by atoms with Crippen molar-refractivity contribution >= 4 is 5.91 Å². The van der Waals surface area contributed by atoms with Gasteiger partial charge in [0.25, 0.3) is 0 Å². The maximum atomic E-state index is 12.1. The highest BCUT2D eigenvalue weighted by Gasteiger charge is 2.36. The number of likely N-dealkylation sites (tertiary alicyclic amines) is 1. The van der Waals surface area contributed by atoms with Gasteiger partial charge in [0.05, 0.1) is 20.8 Å². The molecule has 0 radical (unpaired) electrons. The van der Waals surface area contributed by atoms with Crippen molar-refractivity contribution in [1.82, 2.24) is 9.80 Å². The predicted octanol–water partition coefficient (Wildman–Crippen LogP) is 1.38. The van der Waals surface area contributed by atoms with Gasteiger partial charge in [-0.2, -0.15) is 0 Å². The molecule has 2 atom stereocenters. The third-order valence-corrected chi connectivity index (χ3v) is 5.07. The molecule has 2 aliphatic heterocycles. The molecule has 1 aromatic carbocycles. The minimum atomic E-state index is 0.0763. The van der Waals surface area contributed by atoms with Gasteiger partial charge in [-0.3, -0.25) is 9.69 Å². The van der Waals surface area contributed by atoms with Crippen LogP contribution in [0.15, 0.2) is 18.2 Å². The zero-order valence-corrected chi connectivity index (χ0v) is 14.7. The fraction of sp³-hybridized carbons (Fsp3) is 0.611. The highest BCUT2D eigenvalue weighted by molar-refractivity contribution is 5.77. The van der Waals surface area contributed by atoms with E-state index < -0.39 is 0 Å². The van der Waals surface area contributed by atoms with Gasteiger partial charge in [-0.05, 0) is 30.7 Å². The number of fused-ring (bicyclic) bond motifs is 1. The fourth-order valence-corrected chi connectivity index (χ4v) is 3.62. The molecule has 1 amide bonds. The minimum absolute atomic E-state index is 0.0763. The molecular weight excluding hydrogens is 308 g/mol. The van der Waals surface area contributed by atoms with Crippen molar-refractivity contribution < 1.29 is 19.0 Å². The van der Waals surface area contributed by atoms with Gasteiger partial charge in [0.1, 0.15) is 18.1 Å². The van der Waals surface area contributed by atoms with Crippen LogP contribution in [0, 0.1) is 5.92 Å². The molecule has 0 aromatic heterocycles. The Bertz CT molecular complexity index is 570. The minimum Gasteiger partial charge on any atom is -0.497 e. The van der Waals surface area contributed by atoms with Crippen LogP contribution in [-0.4, -0.2) is 69.3 Å². The second-order valence-corrected chi connectivity index (χ2v) is 6.59. The summed E-state index contributed by atoms with van der Waals surface area (Å²) in [5, 5.41) is 0. The van der Waals surface area contributed by atoms with Crippen molar-refractivity contribution in [1.29, 1.82) is 0 Å². The molecule has 2 heterocycles. The number of methoxy groups -OCH3 is 2. The zero-order chi connectivity index (χ0) is 17.1. The number of nitrogens with zero attached hydrogens (tertiary/aromatic N) is 2. The predicted molar refractivity (Wildman–Crippen MR) is 90.3 cm³/mol. The SMILES string of the molecule is COc1cc(CN2CC[C@H]3COCC(=O)N(C)[C@H]3C2)cc(OC)c1. The van der Waals surface area contributed by atoms with Gasteiger partial charge in [-0.15, -0.1) is 0 Å². The smallest absolute Gasteiger partial charge is 0.248 e. The van der Waals surface area contributed by atoms with Crippen LogP contribution in [0.3, 0.4) is 0 Å². The third kappa shape index (κ3) is 3.65. The molecule has 132 valence electrons. The number of hydrogen-bond donors (Lipinski definition) is 0. The first-order chi connectivity index (χ1) is 11.6. The van der Waals surface area contributed by atoms with E-state index in [1.807, 2.05) is 30.1 Å². The monoisotopic (exact) mass is 334 g/mol. The molecule has 6 nitrogen and oxygen atoms in total. The van der Waals surface area contributed by atoms with Crippen molar-refractivity contribution in [3.05, 3.63) is 23.8 Å². The van der Waals surface area contributed by atoms with E-state index in [1.54, 1.807) is 14.2 Å². The van der Waals surface area contributed by atoms with Crippen molar-refractivity contribution in [2.45, 2.75) is 19.0 Å². The Labute approximate surface area is 143 Å². The Morgan fingerprint density at radius 1 is 1.21 bits per heavy atom. The van der Waals surface area contributed by atoms with Crippen molar-refractivity contribution in [3.63, 3.8) is 0 Å². The molecule has 0 unspecified atom stereocenters.